The minimum atomic E-state index is -0.175. The number of nitrogens with zero attached hydrogens (tertiary/aromatic N) is 1. The maximum atomic E-state index is 12.6. The minimum absolute atomic E-state index is 0. The number of rotatable bonds is 3. The van der Waals surface area contributed by atoms with Gasteiger partial charge in [-0.2, -0.15) is 0 Å². The number of hydrogen-bond donors (Lipinski definition) is 1. The predicted molar refractivity (Wildman–Crippen MR) is 87.3 cm³/mol. The Bertz CT molecular complexity index is 465. The summed E-state index contributed by atoms with van der Waals surface area (Å²) in [6.07, 6.45) is 6.68. The number of carbonyl (C=O) groups is 1. The van der Waals surface area contributed by atoms with Crippen molar-refractivity contribution in [3.05, 3.63) is 35.9 Å². The van der Waals surface area contributed by atoms with Gasteiger partial charge in [0.15, 0.2) is 0 Å². The Kier molecular flexibility index (Phi) is 5.65. The molecule has 2 N–H and O–H groups in total. The highest BCUT2D eigenvalue weighted by molar-refractivity contribution is 5.85. The van der Waals surface area contributed by atoms with Crippen molar-refractivity contribution in [2.75, 3.05) is 6.54 Å². The number of benzene rings is 1. The lowest BCUT2D eigenvalue weighted by Crippen LogP contribution is -2.46. The number of likely N-dealkylation sites (tertiary alicyclic amines) is 1. The van der Waals surface area contributed by atoms with Crippen molar-refractivity contribution < 1.29 is 4.79 Å². The van der Waals surface area contributed by atoms with E-state index in [1.165, 1.54) is 25.7 Å². The first-order valence-electron chi connectivity index (χ1n) is 7.85. The number of piperidine rings is 1. The van der Waals surface area contributed by atoms with Crippen LogP contribution in [0.4, 0.5) is 0 Å². The van der Waals surface area contributed by atoms with E-state index in [2.05, 4.69) is 4.90 Å². The molecule has 116 valence electrons. The van der Waals surface area contributed by atoms with Crippen LogP contribution in [-0.4, -0.2) is 23.4 Å². The molecule has 1 amide bonds. The second-order valence-corrected chi connectivity index (χ2v) is 6.21. The molecule has 1 aromatic rings. The average molecular weight is 309 g/mol. The number of hydrogen-bond acceptors (Lipinski definition) is 2. The summed E-state index contributed by atoms with van der Waals surface area (Å²) in [6.45, 7) is 0.932. The Morgan fingerprint density at radius 1 is 1.19 bits per heavy atom. The van der Waals surface area contributed by atoms with E-state index in [4.69, 9.17) is 5.73 Å². The Balaban J connectivity index is 0.00000161. The van der Waals surface area contributed by atoms with Crippen molar-refractivity contribution in [1.29, 1.82) is 0 Å². The zero-order valence-corrected chi connectivity index (χ0v) is 13.2. The SMILES string of the molecule is Cl.NC(CC(=O)N1CCCC2CCCC21)c1ccccc1. The Morgan fingerprint density at radius 2 is 1.90 bits per heavy atom. The Hall–Kier alpha value is -1.06. The van der Waals surface area contributed by atoms with Crippen molar-refractivity contribution in [3.63, 3.8) is 0 Å². The van der Waals surface area contributed by atoms with Gasteiger partial charge in [0, 0.05) is 25.0 Å². The van der Waals surface area contributed by atoms with Crippen molar-refractivity contribution in [2.24, 2.45) is 11.7 Å². The van der Waals surface area contributed by atoms with E-state index in [1.54, 1.807) is 0 Å². The lowest BCUT2D eigenvalue weighted by atomic mass is 9.91. The molecule has 1 saturated heterocycles. The summed E-state index contributed by atoms with van der Waals surface area (Å²) in [5.74, 6) is 0.999. The van der Waals surface area contributed by atoms with Gasteiger partial charge in [0.2, 0.25) is 5.91 Å². The van der Waals surface area contributed by atoms with Crippen molar-refractivity contribution in [1.82, 2.24) is 4.90 Å². The number of nitrogens with two attached hydrogens (primary N) is 1. The van der Waals surface area contributed by atoms with E-state index in [1.807, 2.05) is 30.3 Å². The molecule has 1 heterocycles. The summed E-state index contributed by atoms with van der Waals surface area (Å²) in [5.41, 5.74) is 7.25. The van der Waals surface area contributed by atoms with Gasteiger partial charge < -0.3 is 10.6 Å². The molecule has 3 rings (SSSR count). The van der Waals surface area contributed by atoms with E-state index in [9.17, 15) is 4.79 Å². The lowest BCUT2D eigenvalue weighted by Gasteiger charge is -2.38. The van der Waals surface area contributed by atoms with Gasteiger partial charge in [0.25, 0.3) is 0 Å². The van der Waals surface area contributed by atoms with Gasteiger partial charge in [-0.15, -0.1) is 12.4 Å². The van der Waals surface area contributed by atoms with Gasteiger partial charge in [-0.3, -0.25) is 4.79 Å². The summed E-state index contributed by atoms with van der Waals surface area (Å²) >= 11 is 0. The molecule has 3 atom stereocenters. The molecule has 0 bridgehead atoms. The van der Waals surface area contributed by atoms with E-state index in [0.29, 0.717) is 12.5 Å². The molecule has 2 aliphatic rings. The quantitative estimate of drug-likeness (QED) is 0.931. The normalized spacial score (nSPS) is 25.9. The smallest absolute Gasteiger partial charge is 0.224 e. The summed E-state index contributed by atoms with van der Waals surface area (Å²) in [5, 5.41) is 0. The molecule has 2 fully saturated rings. The van der Waals surface area contributed by atoms with Gasteiger partial charge in [0.1, 0.15) is 0 Å². The van der Waals surface area contributed by atoms with Gasteiger partial charge >= 0.3 is 0 Å². The standard InChI is InChI=1S/C17H24N2O.ClH/c18-15(13-6-2-1-3-7-13)12-17(20)19-11-5-9-14-8-4-10-16(14)19;/h1-3,6-7,14-16H,4-5,8-12,18H2;1H. The van der Waals surface area contributed by atoms with Crippen molar-refractivity contribution in [3.8, 4) is 0 Å². The zero-order chi connectivity index (χ0) is 13.9. The van der Waals surface area contributed by atoms with Crippen molar-refractivity contribution in [2.45, 2.75) is 50.6 Å². The molecule has 3 unspecified atom stereocenters. The van der Waals surface area contributed by atoms with Gasteiger partial charge in [-0.05, 0) is 37.2 Å². The molecule has 1 aromatic carbocycles. The molecule has 4 heteroatoms. The Morgan fingerprint density at radius 3 is 2.67 bits per heavy atom. The van der Waals surface area contributed by atoms with Crippen molar-refractivity contribution >= 4 is 18.3 Å². The topological polar surface area (TPSA) is 46.3 Å². The number of halogens is 1. The first kappa shape index (κ1) is 16.3. The van der Waals surface area contributed by atoms with Gasteiger partial charge in [-0.1, -0.05) is 36.8 Å². The van der Waals surface area contributed by atoms with Crippen LogP contribution in [0.2, 0.25) is 0 Å². The molecule has 0 spiro atoms. The number of amides is 1. The van der Waals surface area contributed by atoms with Crippen LogP contribution in [0, 0.1) is 5.92 Å². The average Bonchev–Trinajstić information content (AvgIpc) is 2.96. The van der Waals surface area contributed by atoms with Crippen LogP contribution < -0.4 is 5.73 Å². The van der Waals surface area contributed by atoms with Crippen LogP contribution in [0.5, 0.6) is 0 Å². The number of fused-ring (bicyclic) bond motifs is 1. The highest BCUT2D eigenvalue weighted by Crippen LogP contribution is 2.37. The molecule has 0 radical (unpaired) electrons. The molecule has 1 saturated carbocycles. The monoisotopic (exact) mass is 308 g/mol. The first-order valence-corrected chi connectivity index (χ1v) is 7.85. The molecule has 1 aliphatic carbocycles. The van der Waals surface area contributed by atoms with Crippen LogP contribution in [0.3, 0.4) is 0 Å². The largest absolute Gasteiger partial charge is 0.339 e. The van der Waals surface area contributed by atoms with E-state index < -0.39 is 0 Å². The Labute approximate surface area is 133 Å². The summed E-state index contributed by atoms with van der Waals surface area (Å²) in [6, 6.07) is 10.3. The molecular formula is C17H25ClN2O. The fourth-order valence-corrected chi connectivity index (χ4v) is 3.89. The molecule has 21 heavy (non-hydrogen) atoms. The molecule has 3 nitrogen and oxygen atoms in total. The van der Waals surface area contributed by atoms with Crippen LogP contribution in [0.1, 0.15) is 50.1 Å². The molecule has 0 aromatic heterocycles. The van der Waals surface area contributed by atoms with Crippen LogP contribution in [0.25, 0.3) is 0 Å². The summed E-state index contributed by atoms with van der Waals surface area (Å²) in [4.78, 5) is 14.7. The van der Waals surface area contributed by atoms with E-state index in [-0.39, 0.29) is 24.4 Å². The molecule has 1 aliphatic heterocycles. The fraction of sp³-hybridized carbons (Fsp3) is 0.588. The van der Waals surface area contributed by atoms with Crippen LogP contribution in [0.15, 0.2) is 30.3 Å². The van der Waals surface area contributed by atoms with Gasteiger partial charge in [0.05, 0.1) is 0 Å². The maximum absolute atomic E-state index is 12.6. The van der Waals surface area contributed by atoms with E-state index >= 15 is 0 Å². The second kappa shape index (κ2) is 7.28. The third-order valence-electron chi connectivity index (χ3n) is 4.94. The minimum Gasteiger partial charge on any atom is -0.339 e. The first-order chi connectivity index (χ1) is 9.75. The second-order valence-electron chi connectivity index (χ2n) is 6.21. The third kappa shape index (κ3) is 3.58. The fourth-order valence-electron chi connectivity index (χ4n) is 3.89. The molecular weight excluding hydrogens is 284 g/mol. The van der Waals surface area contributed by atoms with Crippen LogP contribution in [-0.2, 0) is 4.79 Å². The van der Waals surface area contributed by atoms with Crippen LogP contribution >= 0.6 is 12.4 Å². The third-order valence-corrected chi connectivity index (χ3v) is 4.94. The van der Waals surface area contributed by atoms with Gasteiger partial charge in [-0.25, -0.2) is 0 Å². The highest BCUT2D eigenvalue weighted by atomic mass is 35.5. The number of carbonyl (C=O) groups excluding carboxylic acids is 1. The summed E-state index contributed by atoms with van der Waals surface area (Å²) in [7, 11) is 0. The van der Waals surface area contributed by atoms with E-state index in [0.717, 1.165) is 24.4 Å². The predicted octanol–water partition coefficient (Wildman–Crippen LogP) is 3.29. The summed E-state index contributed by atoms with van der Waals surface area (Å²) < 4.78 is 0. The highest BCUT2D eigenvalue weighted by Gasteiger charge is 2.37. The maximum Gasteiger partial charge on any atom is 0.224 e. The zero-order valence-electron chi connectivity index (χ0n) is 12.4. The lowest BCUT2D eigenvalue weighted by molar-refractivity contribution is -0.136.